The van der Waals surface area contributed by atoms with Gasteiger partial charge in [-0.05, 0) is 56.9 Å². The van der Waals surface area contributed by atoms with Crippen LogP contribution in [-0.2, 0) is 19.6 Å². The average molecular weight is 391 g/mol. The van der Waals surface area contributed by atoms with Crippen molar-refractivity contribution in [2.45, 2.75) is 54.3 Å². The lowest BCUT2D eigenvalue weighted by molar-refractivity contribution is 0.0694. The van der Waals surface area contributed by atoms with Crippen LogP contribution < -0.4 is 5.32 Å². The van der Waals surface area contributed by atoms with Gasteiger partial charge in [0, 0.05) is 36.6 Å². The van der Waals surface area contributed by atoms with Gasteiger partial charge in [0.1, 0.15) is 0 Å². The third-order valence-electron chi connectivity index (χ3n) is 5.75. The monoisotopic (exact) mass is 390 g/mol. The summed E-state index contributed by atoms with van der Waals surface area (Å²) in [5.74, 6) is -0.863. The largest absolute Gasteiger partial charge is 0.478 e. The van der Waals surface area contributed by atoms with Gasteiger partial charge in [-0.25, -0.2) is 4.79 Å². The predicted molar refractivity (Wildman–Crippen MR) is 118 cm³/mol. The minimum atomic E-state index is -0.863. The van der Waals surface area contributed by atoms with Crippen molar-refractivity contribution in [3.05, 3.63) is 92.8 Å². The molecule has 0 saturated heterocycles. The predicted octanol–water partition coefficient (Wildman–Crippen LogP) is 5.07. The molecule has 0 amide bonds. The van der Waals surface area contributed by atoms with Crippen LogP contribution in [0.4, 0.5) is 0 Å². The number of aromatic carboxylic acids is 1. The zero-order chi connectivity index (χ0) is 21.1. The molecule has 4 nitrogen and oxygen atoms in total. The molecule has 0 saturated carbocycles. The molecule has 1 heterocycles. The Morgan fingerprint density at radius 1 is 0.897 bits per heavy atom. The third kappa shape index (κ3) is 4.43. The van der Waals surface area contributed by atoms with E-state index in [0.29, 0.717) is 25.2 Å². The van der Waals surface area contributed by atoms with Crippen molar-refractivity contribution in [1.82, 2.24) is 9.88 Å². The quantitative estimate of drug-likeness (QED) is 0.592. The molecule has 0 fully saturated rings. The molecule has 0 aliphatic carbocycles. The van der Waals surface area contributed by atoms with Crippen molar-refractivity contribution >= 4 is 5.97 Å². The third-order valence-corrected chi connectivity index (χ3v) is 5.75. The second-order valence-electron chi connectivity index (χ2n) is 7.88. The van der Waals surface area contributed by atoms with Gasteiger partial charge >= 0.3 is 5.97 Å². The Morgan fingerprint density at radius 2 is 1.52 bits per heavy atom. The summed E-state index contributed by atoms with van der Waals surface area (Å²) in [6.07, 6.45) is 0. The van der Waals surface area contributed by atoms with E-state index in [2.05, 4.69) is 54.9 Å². The molecule has 2 N–H and O–H groups in total. The van der Waals surface area contributed by atoms with Gasteiger partial charge in [-0.1, -0.05) is 48.0 Å². The molecule has 4 heteroatoms. The lowest BCUT2D eigenvalue weighted by Crippen LogP contribution is -2.15. The normalized spacial score (nSPS) is 11.1. The molecule has 0 aliphatic heterocycles. The zero-order valence-electron chi connectivity index (χ0n) is 18.0. The van der Waals surface area contributed by atoms with E-state index in [4.69, 9.17) is 0 Å². The Kier molecular flexibility index (Phi) is 6.23. The SMILES string of the molecule is Cc1cc(C)c(Cn2c(C)c(CNCc3ccccc3)c(C(=O)O)c2C)c(C)c1. The van der Waals surface area contributed by atoms with E-state index in [0.717, 1.165) is 17.0 Å². The van der Waals surface area contributed by atoms with Crippen molar-refractivity contribution in [1.29, 1.82) is 0 Å². The molecule has 3 aromatic rings. The van der Waals surface area contributed by atoms with Crippen molar-refractivity contribution in [2.24, 2.45) is 0 Å². The van der Waals surface area contributed by atoms with Gasteiger partial charge < -0.3 is 15.0 Å². The van der Waals surface area contributed by atoms with Crippen LogP contribution >= 0.6 is 0 Å². The highest BCUT2D eigenvalue weighted by Crippen LogP contribution is 2.26. The molecular formula is C25H30N2O2. The van der Waals surface area contributed by atoms with Crippen LogP contribution in [0.5, 0.6) is 0 Å². The fourth-order valence-corrected chi connectivity index (χ4v) is 4.23. The van der Waals surface area contributed by atoms with Crippen molar-refractivity contribution in [2.75, 3.05) is 0 Å². The number of nitrogens with zero attached hydrogens (tertiary/aromatic N) is 1. The second-order valence-corrected chi connectivity index (χ2v) is 7.88. The molecular weight excluding hydrogens is 360 g/mol. The van der Waals surface area contributed by atoms with Gasteiger partial charge in [0.15, 0.2) is 0 Å². The molecule has 29 heavy (non-hydrogen) atoms. The van der Waals surface area contributed by atoms with Gasteiger partial charge in [-0.3, -0.25) is 0 Å². The Balaban J connectivity index is 1.91. The Hall–Kier alpha value is -2.85. The van der Waals surface area contributed by atoms with E-state index in [-0.39, 0.29) is 0 Å². The molecule has 0 radical (unpaired) electrons. The highest BCUT2D eigenvalue weighted by Gasteiger charge is 2.23. The van der Waals surface area contributed by atoms with Crippen LogP contribution in [0.15, 0.2) is 42.5 Å². The van der Waals surface area contributed by atoms with Gasteiger partial charge in [0.05, 0.1) is 5.56 Å². The van der Waals surface area contributed by atoms with E-state index >= 15 is 0 Å². The summed E-state index contributed by atoms with van der Waals surface area (Å²) in [5.41, 5.74) is 9.30. The second kappa shape index (κ2) is 8.66. The smallest absolute Gasteiger partial charge is 0.337 e. The van der Waals surface area contributed by atoms with Crippen LogP contribution in [0, 0.1) is 34.6 Å². The number of rotatable bonds is 7. The highest BCUT2D eigenvalue weighted by molar-refractivity contribution is 5.91. The number of aryl methyl sites for hydroxylation is 3. The zero-order valence-corrected chi connectivity index (χ0v) is 18.0. The van der Waals surface area contributed by atoms with Crippen molar-refractivity contribution in [3.8, 4) is 0 Å². The number of aromatic nitrogens is 1. The fourth-order valence-electron chi connectivity index (χ4n) is 4.23. The van der Waals surface area contributed by atoms with Gasteiger partial charge in [0.25, 0.3) is 0 Å². The van der Waals surface area contributed by atoms with Crippen molar-refractivity contribution < 1.29 is 9.90 Å². The number of hydrogen-bond donors (Lipinski definition) is 2. The number of benzene rings is 2. The maximum atomic E-state index is 12.0. The number of carboxylic acid groups (broad SMARTS) is 1. The van der Waals surface area contributed by atoms with Crippen LogP contribution in [0.3, 0.4) is 0 Å². The van der Waals surface area contributed by atoms with Crippen molar-refractivity contribution in [3.63, 3.8) is 0 Å². The van der Waals surface area contributed by atoms with Crippen LogP contribution in [0.25, 0.3) is 0 Å². The lowest BCUT2D eigenvalue weighted by Gasteiger charge is -2.16. The molecule has 0 unspecified atom stereocenters. The molecule has 152 valence electrons. The maximum absolute atomic E-state index is 12.0. The maximum Gasteiger partial charge on any atom is 0.337 e. The number of nitrogens with one attached hydrogen (secondary N) is 1. The standard InChI is InChI=1S/C25H30N2O2/c1-16-11-17(2)23(18(3)12-16)15-27-19(4)22(24(20(27)5)25(28)29)14-26-13-21-9-7-6-8-10-21/h6-12,26H,13-15H2,1-5H3,(H,28,29). The summed E-state index contributed by atoms with van der Waals surface area (Å²) in [6, 6.07) is 14.5. The summed E-state index contributed by atoms with van der Waals surface area (Å²) < 4.78 is 2.15. The average Bonchev–Trinajstić information content (AvgIpc) is 2.89. The van der Waals surface area contributed by atoms with Crippen LogP contribution in [0.1, 0.15) is 55.1 Å². The fraction of sp³-hybridized carbons (Fsp3) is 0.320. The minimum absolute atomic E-state index is 0.422. The van der Waals surface area contributed by atoms with Gasteiger partial charge in [-0.2, -0.15) is 0 Å². The van der Waals surface area contributed by atoms with Crippen LogP contribution in [0.2, 0.25) is 0 Å². The molecule has 0 spiro atoms. The Morgan fingerprint density at radius 3 is 2.10 bits per heavy atom. The molecule has 1 aromatic heterocycles. The topological polar surface area (TPSA) is 54.3 Å². The van der Waals surface area contributed by atoms with Crippen LogP contribution in [-0.4, -0.2) is 15.6 Å². The molecule has 2 aromatic carbocycles. The van der Waals surface area contributed by atoms with Gasteiger partial charge in [0.2, 0.25) is 0 Å². The summed E-state index contributed by atoms with van der Waals surface area (Å²) in [6.45, 7) is 12.2. The van der Waals surface area contributed by atoms with E-state index < -0.39 is 5.97 Å². The van der Waals surface area contributed by atoms with E-state index in [1.807, 2.05) is 32.0 Å². The number of carbonyl (C=O) groups is 1. The first-order chi connectivity index (χ1) is 13.8. The summed E-state index contributed by atoms with van der Waals surface area (Å²) in [7, 11) is 0. The number of hydrogen-bond acceptors (Lipinski definition) is 2. The number of carboxylic acids is 1. The van der Waals surface area contributed by atoms with E-state index in [1.54, 1.807) is 0 Å². The molecule has 0 atom stereocenters. The molecule has 0 aliphatic rings. The summed E-state index contributed by atoms with van der Waals surface area (Å²) in [5, 5.41) is 13.3. The highest BCUT2D eigenvalue weighted by atomic mass is 16.4. The first-order valence-electron chi connectivity index (χ1n) is 10.0. The Bertz CT molecular complexity index is 1010. The van der Waals surface area contributed by atoms with E-state index in [9.17, 15) is 9.90 Å². The van der Waals surface area contributed by atoms with E-state index in [1.165, 1.54) is 27.8 Å². The first kappa shape index (κ1) is 20.9. The summed E-state index contributed by atoms with van der Waals surface area (Å²) >= 11 is 0. The molecule has 0 bridgehead atoms. The Labute approximate surface area is 173 Å². The lowest BCUT2D eigenvalue weighted by atomic mass is 9.99. The summed E-state index contributed by atoms with van der Waals surface area (Å²) in [4.78, 5) is 12.0. The first-order valence-corrected chi connectivity index (χ1v) is 10.0. The molecule has 3 rings (SSSR count). The van der Waals surface area contributed by atoms with Gasteiger partial charge in [-0.15, -0.1) is 0 Å². The minimum Gasteiger partial charge on any atom is -0.478 e.